The third-order valence-corrected chi connectivity index (χ3v) is 4.90. The summed E-state index contributed by atoms with van der Waals surface area (Å²) in [6.45, 7) is 0. The summed E-state index contributed by atoms with van der Waals surface area (Å²) >= 11 is 1.62. The van der Waals surface area contributed by atoms with Crippen LogP contribution in [0.1, 0.15) is 22.3 Å². The van der Waals surface area contributed by atoms with Gasteiger partial charge in [0.2, 0.25) is 0 Å². The van der Waals surface area contributed by atoms with Crippen molar-refractivity contribution in [2.24, 2.45) is 5.84 Å². The van der Waals surface area contributed by atoms with Crippen LogP contribution in [-0.4, -0.2) is 17.0 Å². The number of anilines is 1. The normalized spacial score (nSPS) is 10.5. The molecular formula is C20H18N2O3S. The Bertz CT molecular complexity index is 905. The average Bonchev–Trinajstić information content (AvgIpc) is 3.20. The summed E-state index contributed by atoms with van der Waals surface area (Å²) in [6.07, 6.45) is 0.491. The molecule has 0 saturated heterocycles. The third-order valence-electron chi connectivity index (χ3n) is 3.98. The maximum Gasteiger partial charge on any atom is 0.303 e. The number of aryl methyl sites for hydroxylation is 1. The maximum absolute atomic E-state index is 12.6. The van der Waals surface area contributed by atoms with E-state index in [0.717, 1.165) is 21.0 Å². The van der Waals surface area contributed by atoms with E-state index in [1.54, 1.807) is 41.7 Å². The molecule has 0 aliphatic rings. The lowest BCUT2D eigenvalue weighted by Crippen LogP contribution is -2.37. The highest BCUT2D eigenvalue weighted by molar-refractivity contribution is 7.13. The first-order valence-corrected chi connectivity index (χ1v) is 8.96. The summed E-state index contributed by atoms with van der Waals surface area (Å²) in [4.78, 5) is 24.4. The molecule has 0 bridgehead atoms. The molecule has 2 aromatic carbocycles. The van der Waals surface area contributed by atoms with Gasteiger partial charge < -0.3 is 5.11 Å². The van der Waals surface area contributed by atoms with Crippen LogP contribution in [0.3, 0.4) is 0 Å². The summed E-state index contributed by atoms with van der Waals surface area (Å²) in [6, 6.07) is 18.4. The van der Waals surface area contributed by atoms with Gasteiger partial charge in [-0.05, 0) is 53.3 Å². The fourth-order valence-electron chi connectivity index (χ4n) is 2.57. The van der Waals surface area contributed by atoms with Crippen LogP contribution in [0.25, 0.3) is 10.4 Å². The molecule has 6 heteroatoms. The van der Waals surface area contributed by atoms with E-state index in [9.17, 15) is 9.59 Å². The monoisotopic (exact) mass is 366 g/mol. The van der Waals surface area contributed by atoms with Crippen molar-refractivity contribution in [3.05, 3.63) is 77.2 Å². The van der Waals surface area contributed by atoms with Gasteiger partial charge >= 0.3 is 5.97 Å². The first-order valence-electron chi connectivity index (χ1n) is 8.08. The number of carbonyl (C=O) groups is 2. The number of nitrogens with two attached hydrogens (primary N) is 1. The number of nitrogens with zero attached hydrogens (tertiary/aromatic N) is 1. The number of carboxylic acid groups (broad SMARTS) is 1. The van der Waals surface area contributed by atoms with Gasteiger partial charge in [-0.3, -0.25) is 9.59 Å². The Balaban J connectivity index is 1.75. The van der Waals surface area contributed by atoms with Crippen molar-refractivity contribution < 1.29 is 14.7 Å². The van der Waals surface area contributed by atoms with Crippen LogP contribution in [0.2, 0.25) is 0 Å². The molecule has 0 fully saturated rings. The summed E-state index contributed by atoms with van der Waals surface area (Å²) in [5, 5.41) is 11.9. The van der Waals surface area contributed by atoms with Crippen molar-refractivity contribution in [3.63, 3.8) is 0 Å². The van der Waals surface area contributed by atoms with Crippen molar-refractivity contribution in [2.45, 2.75) is 12.8 Å². The molecule has 0 spiro atoms. The SMILES string of the molecule is NN(C(=O)c1ccc(CCC(=O)O)cc1)c1cccc(-c2cccs2)c1. The highest BCUT2D eigenvalue weighted by Gasteiger charge is 2.15. The molecule has 1 amide bonds. The van der Waals surface area contributed by atoms with Crippen LogP contribution in [-0.2, 0) is 11.2 Å². The van der Waals surface area contributed by atoms with Gasteiger partial charge in [0.1, 0.15) is 0 Å². The van der Waals surface area contributed by atoms with Crippen LogP contribution in [0, 0.1) is 0 Å². The molecule has 3 aromatic rings. The van der Waals surface area contributed by atoms with Crippen LogP contribution in [0.5, 0.6) is 0 Å². The number of carbonyl (C=O) groups excluding carboxylic acids is 1. The van der Waals surface area contributed by atoms with Gasteiger partial charge in [0.15, 0.2) is 0 Å². The molecule has 132 valence electrons. The minimum absolute atomic E-state index is 0.0613. The van der Waals surface area contributed by atoms with Gasteiger partial charge in [0, 0.05) is 16.9 Å². The number of aliphatic carboxylic acids is 1. The number of hydrogen-bond acceptors (Lipinski definition) is 4. The number of carboxylic acids is 1. The third kappa shape index (κ3) is 4.17. The van der Waals surface area contributed by atoms with Gasteiger partial charge in [-0.15, -0.1) is 11.3 Å². The second-order valence-electron chi connectivity index (χ2n) is 5.79. The first kappa shape index (κ1) is 17.8. The Kier molecular flexibility index (Phi) is 5.46. The van der Waals surface area contributed by atoms with E-state index in [0.29, 0.717) is 17.7 Å². The zero-order valence-electron chi connectivity index (χ0n) is 14.0. The van der Waals surface area contributed by atoms with E-state index in [1.165, 1.54) is 0 Å². The van der Waals surface area contributed by atoms with E-state index < -0.39 is 5.97 Å². The minimum atomic E-state index is -0.844. The fourth-order valence-corrected chi connectivity index (χ4v) is 3.30. The second kappa shape index (κ2) is 7.95. The molecule has 0 aliphatic heterocycles. The van der Waals surface area contributed by atoms with Gasteiger partial charge in [0.05, 0.1) is 5.69 Å². The Morgan fingerprint density at radius 1 is 1.04 bits per heavy atom. The lowest BCUT2D eigenvalue weighted by atomic mass is 10.1. The molecule has 0 atom stereocenters. The standard InChI is InChI=1S/C20H18N2O3S/c21-22(17-4-1-3-16(13-17)18-5-2-12-26-18)20(25)15-9-6-14(7-10-15)8-11-19(23)24/h1-7,9-10,12-13H,8,11,21H2,(H,23,24). The number of rotatable bonds is 6. The van der Waals surface area contributed by atoms with Crippen molar-refractivity contribution in [2.75, 3.05) is 5.01 Å². The Morgan fingerprint density at radius 3 is 2.46 bits per heavy atom. The molecule has 26 heavy (non-hydrogen) atoms. The number of amides is 1. The lowest BCUT2D eigenvalue weighted by Gasteiger charge is -2.17. The average molecular weight is 366 g/mol. The number of hydrazine groups is 1. The molecule has 0 saturated carbocycles. The lowest BCUT2D eigenvalue weighted by molar-refractivity contribution is -0.136. The summed E-state index contributed by atoms with van der Waals surface area (Å²) in [7, 11) is 0. The summed E-state index contributed by atoms with van der Waals surface area (Å²) < 4.78 is 0. The minimum Gasteiger partial charge on any atom is -0.481 e. The maximum atomic E-state index is 12.6. The highest BCUT2D eigenvalue weighted by Crippen LogP contribution is 2.28. The van der Waals surface area contributed by atoms with Crippen molar-refractivity contribution in [1.29, 1.82) is 0 Å². The first-order chi connectivity index (χ1) is 12.5. The van der Waals surface area contributed by atoms with Crippen LogP contribution in [0.15, 0.2) is 66.0 Å². The van der Waals surface area contributed by atoms with Crippen LogP contribution in [0.4, 0.5) is 5.69 Å². The number of benzene rings is 2. The van der Waals surface area contributed by atoms with Gasteiger partial charge in [-0.25, -0.2) is 10.9 Å². The van der Waals surface area contributed by atoms with Crippen molar-refractivity contribution in [1.82, 2.24) is 0 Å². The molecule has 0 unspecified atom stereocenters. The van der Waals surface area contributed by atoms with E-state index in [1.807, 2.05) is 35.7 Å². The quantitative estimate of drug-likeness (QED) is 0.393. The van der Waals surface area contributed by atoms with E-state index >= 15 is 0 Å². The molecule has 0 radical (unpaired) electrons. The molecule has 0 aliphatic carbocycles. The van der Waals surface area contributed by atoms with E-state index in [-0.39, 0.29) is 12.3 Å². The predicted molar refractivity (Wildman–Crippen MR) is 103 cm³/mol. The summed E-state index contributed by atoms with van der Waals surface area (Å²) in [5.41, 5.74) is 2.93. The zero-order valence-corrected chi connectivity index (χ0v) is 14.8. The Labute approximate surface area is 155 Å². The molecule has 3 rings (SSSR count). The van der Waals surface area contributed by atoms with Gasteiger partial charge in [-0.2, -0.15) is 0 Å². The largest absolute Gasteiger partial charge is 0.481 e. The Morgan fingerprint density at radius 2 is 1.81 bits per heavy atom. The number of hydrogen-bond donors (Lipinski definition) is 2. The predicted octanol–water partition coefficient (Wildman–Crippen LogP) is 3.95. The summed E-state index contributed by atoms with van der Waals surface area (Å²) in [5.74, 6) is 4.87. The fraction of sp³-hybridized carbons (Fsp3) is 0.100. The highest BCUT2D eigenvalue weighted by atomic mass is 32.1. The van der Waals surface area contributed by atoms with Crippen molar-refractivity contribution in [3.8, 4) is 10.4 Å². The number of thiophene rings is 1. The molecule has 5 nitrogen and oxygen atoms in total. The Hall–Kier alpha value is -2.96. The van der Waals surface area contributed by atoms with Gasteiger partial charge in [0.25, 0.3) is 5.91 Å². The second-order valence-corrected chi connectivity index (χ2v) is 6.74. The topological polar surface area (TPSA) is 83.6 Å². The smallest absolute Gasteiger partial charge is 0.303 e. The van der Waals surface area contributed by atoms with Gasteiger partial charge in [-0.1, -0.05) is 30.3 Å². The van der Waals surface area contributed by atoms with Crippen LogP contribution >= 0.6 is 11.3 Å². The van der Waals surface area contributed by atoms with E-state index in [4.69, 9.17) is 10.9 Å². The molecule has 1 heterocycles. The molecule has 1 aromatic heterocycles. The van der Waals surface area contributed by atoms with Crippen molar-refractivity contribution >= 4 is 28.9 Å². The molecular weight excluding hydrogens is 348 g/mol. The zero-order chi connectivity index (χ0) is 18.5. The van der Waals surface area contributed by atoms with E-state index in [2.05, 4.69) is 0 Å². The van der Waals surface area contributed by atoms with Crippen LogP contribution < -0.4 is 10.9 Å². The molecule has 3 N–H and O–H groups in total.